The lowest BCUT2D eigenvalue weighted by molar-refractivity contribution is -0.0732. The van der Waals surface area contributed by atoms with E-state index in [1.807, 2.05) is 19.0 Å². The second kappa shape index (κ2) is 12.2. The van der Waals surface area contributed by atoms with Gasteiger partial charge in [-0.2, -0.15) is 0 Å². The highest BCUT2D eigenvalue weighted by Gasteiger charge is 2.08. The molecule has 6 heteroatoms. The fourth-order valence-corrected chi connectivity index (χ4v) is 1.12. The Bertz CT molecular complexity index is 157. The molecule has 1 N–H and O–H groups in total. The van der Waals surface area contributed by atoms with E-state index in [0.717, 1.165) is 0 Å². The predicted octanol–water partition coefficient (Wildman–Crippen LogP) is -0.437. The maximum absolute atomic E-state index is 8.46. The Morgan fingerprint density at radius 1 is 0.941 bits per heavy atom. The van der Waals surface area contributed by atoms with Crippen molar-refractivity contribution in [3.8, 4) is 0 Å². The van der Waals surface area contributed by atoms with E-state index in [1.165, 1.54) is 0 Å². The van der Waals surface area contributed by atoms with Crippen molar-refractivity contribution in [3.05, 3.63) is 0 Å². The van der Waals surface area contributed by atoms with Crippen LogP contribution in [0.2, 0.25) is 0 Å². The number of hydrogen-bond acceptors (Lipinski definition) is 6. The van der Waals surface area contributed by atoms with Crippen molar-refractivity contribution in [2.45, 2.75) is 6.23 Å². The van der Waals surface area contributed by atoms with Crippen LogP contribution in [-0.4, -0.2) is 83.7 Å². The van der Waals surface area contributed by atoms with Crippen molar-refractivity contribution < 1.29 is 24.1 Å². The summed E-state index contributed by atoms with van der Waals surface area (Å²) in [6.07, 6.45) is -0.0251. The minimum atomic E-state index is -0.0251. The maximum atomic E-state index is 8.46. The second-order valence-electron chi connectivity index (χ2n) is 3.68. The van der Waals surface area contributed by atoms with Gasteiger partial charge in [0.15, 0.2) is 0 Å². The summed E-state index contributed by atoms with van der Waals surface area (Å²) in [6.45, 7) is 3.02. The number of likely N-dealkylation sites (N-methyl/N-ethyl adjacent to an activating group) is 1. The van der Waals surface area contributed by atoms with Crippen LogP contribution in [0.5, 0.6) is 0 Å². The van der Waals surface area contributed by atoms with Gasteiger partial charge < -0.3 is 24.1 Å². The summed E-state index contributed by atoms with van der Waals surface area (Å²) in [4.78, 5) is 1.95. The fraction of sp³-hybridized carbons (Fsp3) is 1.00. The molecule has 0 saturated carbocycles. The summed E-state index contributed by atoms with van der Waals surface area (Å²) >= 11 is 0. The number of nitrogens with zero attached hydrogens (tertiary/aromatic N) is 1. The minimum Gasteiger partial charge on any atom is -0.394 e. The van der Waals surface area contributed by atoms with Gasteiger partial charge in [-0.05, 0) is 14.1 Å². The van der Waals surface area contributed by atoms with E-state index in [2.05, 4.69) is 0 Å². The summed E-state index contributed by atoms with van der Waals surface area (Å²) in [5.74, 6) is 0. The fourth-order valence-electron chi connectivity index (χ4n) is 1.12. The monoisotopic (exact) mass is 251 g/mol. The molecule has 1 unspecified atom stereocenters. The first kappa shape index (κ1) is 16.8. The highest BCUT2D eigenvalue weighted by atomic mass is 16.6. The molecule has 0 heterocycles. The van der Waals surface area contributed by atoms with Crippen molar-refractivity contribution in [1.29, 1.82) is 0 Å². The van der Waals surface area contributed by atoms with Gasteiger partial charge in [-0.1, -0.05) is 0 Å². The molecule has 0 bridgehead atoms. The lowest BCUT2D eigenvalue weighted by atomic mass is 10.5. The van der Waals surface area contributed by atoms with Crippen molar-refractivity contribution in [3.63, 3.8) is 0 Å². The van der Waals surface area contributed by atoms with Gasteiger partial charge in [0.1, 0.15) is 6.23 Å². The van der Waals surface area contributed by atoms with Gasteiger partial charge in [-0.15, -0.1) is 0 Å². The first-order valence-corrected chi connectivity index (χ1v) is 5.75. The lowest BCUT2D eigenvalue weighted by Gasteiger charge is -2.22. The topological polar surface area (TPSA) is 60.4 Å². The maximum Gasteiger partial charge on any atom is 0.133 e. The van der Waals surface area contributed by atoms with E-state index in [9.17, 15) is 0 Å². The number of ether oxygens (including phenoxy) is 4. The summed E-state index contributed by atoms with van der Waals surface area (Å²) in [7, 11) is 5.53. The van der Waals surface area contributed by atoms with Gasteiger partial charge in [0.05, 0.1) is 46.2 Å². The highest BCUT2D eigenvalue weighted by Crippen LogP contribution is 1.94. The Morgan fingerprint density at radius 3 is 1.94 bits per heavy atom. The van der Waals surface area contributed by atoms with Crippen LogP contribution in [0.3, 0.4) is 0 Å². The normalized spacial score (nSPS) is 13.2. The van der Waals surface area contributed by atoms with Crippen LogP contribution in [0, 0.1) is 0 Å². The van der Waals surface area contributed by atoms with Gasteiger partial charge in [0.2, 0.25) is 0 Å². The van der Waals surface area contributed by atoms with Crippen LogP contribution >= 0.6 is 0 Å². The zero-order valence-electron chi connectivity index (χ0n) is 11.1. The smallest absolute Gasteiger partial charge is 0.133 e. The van der Waals surface area contributed by atoms with Crippen LogP contribution in [0.15, 0.2) is 0 Å². The Morgan fingerprint density at radius 2 is 1.47 bits per heavy atom. The molecule has 0 fully saturated rings. The third-order valence-electron chi connectivity index (χ3n) is 2.09. The van der Waals surface area contributed by atoms with E-state index in [1.54, 1.807) is 7.11 Å². The van der Waals surface area contributed by atoms with Crippen molar-refractivity contribution in [2.75, 3.05) is 67.5 Å². The molecule has 0 aromatic heterocycles. The van der Waals surface area contributed by atoms with E-state index < -0.39 is 0 Å². The Hall–Kier alpha value is -0.240. The highest BCUT2D eigenvalue weighted by molar-refractivity contribution is 4.50. The van der Waals surface area contributed by atoms with Gasteiger partial charge >= 0.3 is 0 Å². The largest absolute Gasteiger partial charge is 0.394 e. The molecule has 0 aromatic carbocycles. The molecule has 0 spiro atoms. The van der Waals surface area contributed by atoms with E-state index in [4.69, 9.17) is 24.1 Å². The van der Waals surface area contributed by atoms with Crippen LogP contribution < -0.4 is 0 Å². The van der Waals surface area contributed by atoms with Gasteiger partial charge in [0, 0.05) is 7.11 Å². The van der Waals surface area contributed by atoms with Crippen LogP contribution in [0.1, 0.15) is 0 Å². The molecule has 17 heavy (non-hydrogen) atoms. The van der Waals surface area contributed by atoms with Crippen molar-refractivity contribution in [1.82, 2.24) is 4.90 Å². The molecular formula is C11H25NO5. The number of aliphatic hydroxyl groups excluding tert-OH is 1. The van der Waals surface area contributed by atoms with Crippen LogP contribution in [0.25, 0.3) is 0 Å². The first-order valence-electron chi connectivity index (χ1n) is 5.75. The Kier molecular flexibility index (Phi) is 12.1. The van der Waals surface area contributed by atoms with Crippen molar-refractivity contribution >= 4 is 0 Å². The zero-order chi connectivity index (χ0) is 12.9. The van der Waals surface area contributed by atoms with Crippen molar-refractivity contribution in [2.24, 2.45) is 0 Å². The molecule has 0 aromatic rings. The van der Waals surface area contributed by atoms with E-state index >= 15 is 0 Å². The Labute approximate surface area is 103 Å². The SMILES string of the molecule is COC(COCCOCCOCCO)N(C)C. The summed E-state index contributed by atoms with van der Waals surface area (Å²) in [6, 6.07) is 0. The lowest BCUT2D eigenvalue weighted by Crippen LogP contribution is -2.34. The van der Waals surface area contributed by atoms with Gasteiger partial charge in [0.25, 0.3) is 0 Å². The molecule has 104 valence electrons. The third kappa shape index (κ3) is 10.6. The van der Waals surface area contributed by atoms with Gasteiger partial charge in [-0.25, -0.2) is 0 Å². The average Bonchev–Trinajstić information content (AvgIpc) is 2.31. The number of aliphatic hydroxyl groups is 1. The first-order chi connectivity index (χ1) is 8.22. The summed E-state index contributed by atoms with van der Waals surface area (Å²) in [5.41, 5.74) is 0. The standard InChI is InChI=1S/C11H25NO5/c1-12(2)11(14-3)10-17-9-8-16-7-6-15-5-4-13/h11,13H,4-10H2,1-3H3. The average molecular weight is 251 g/mol. The van der Waals surface area contributed by atoms with Crippen LogP contribution in [0.4, 0.5) is 0 Å². The molecule has 0 aliphatic rings. The van der Waals surface area contributed by atoms with Crippen LogP contribution in [-0.2, 0) is 18.9 Å². The molecule has 0 aliphatic carbocycles. The molecular weight excluding hydrogens is 226 g/mol. The Balaban J connectivity index is 3.17. The number of rotatable bonds is 12. The number of methoxy groups -OCH3 is 1. The minimum absolute atomic E-state index is 0.0251. The molecule has 0 saturated heterocycles. The quantitative estimate of drug-likeness (QED) is 0.375. The van der Waals surface area contributed by atoms with E-state index in [0.29, 0.717) is 39.6 Å². The van der Waals surface area contributed by atoms with E-state index in [-0.39, 0.29) is 12.8 Å². The molecule has 0 amide bonds. The summed E-state index contributed by atoms with van der Waals surface area (Å²) < 4.78 is 20.9. The molecule has 6 nitrogen and oxygen atoms in total. The molecule has 0 aliphatic heterocycles. The molecule has 0 radical (unpaired) electrons. The predicted molar refractivity (Wildman–Crippen MR) is 64.0 cm³/mol. The summed E-state index contributed by atoms with van der Waals surface area (Å²) in [5, 5.41) is 8.46. The molecule has 1 atom stereocenters. The van der Waals surface area contributed by atoms with Gasteiger partial charge in [-0.3, -0.25) is 4.90 Å². The molecule has 0 rings (SSSR count). The second-order valence-corrected chi connectivity index (χ2v) is 3.68. The number of hydrogen-bond donors (Lipinski definition) is 1. The zero-order valence-corrected chi connectivity index (χ0v) is 11.1. The third-order valence-corrected chi connectivity index (χ3v) is 2.09.